The monoisotopic (exact) mass is 281 g/mol. The fourth-order valence-corrected chi connectivity index (χ4v) is 3.30. The Morgan fingerprint density at radius 1 is 1.20 bits per heavy atom. The Labute approximate surface area is 123 Å². The number of piperidine rings is 1. The van der Waals surface area contributed by atoms with E-state index in [-0.39, 0.29) is 17.4 Å². The molecule has 2 fully saturated rings. The van der Waals surface area contributed by atoms with Crippen LogP contribution in [-0.2, 0) is 4.79 Å². The maximum Gasteiger partial charge on any atom is 0.237 e. The van der Waals surface area contributed by atoms with E-state index in [9.17, 15) is 4.79 Å². The third kappa shape index (κ3) is 4.45. The van der Waals surface area contributed by atoms with Crippen LogP contribution in [0, 0.1) is 5.41 Å². The van der Waals surface area contributed by atoms with Gasteiger partial charge in [0.25, 0.3) is 0 Å². The van der Waals surface area contributed by atoms with Crippen molar-refractivity contribution >= 4 is 5.91 Å². The third-order valence-electron chi connectivity index (χ3n) is 5.07. The van der Waals surface area contributed by atoms with E-state index in [1.807, 2.05) is 0 Å². The lowest BCUT2D eigenvalue weighted by molar-refractivity contribution is -0.126. The summed E-state index contributed by atoms with van der Waals surface area (Å²) >= 11 is 0. The lowest BCUT2D eigenvalue weighted by Gasteiger charge is -2.35. The molecule has 0 saturated carbocycles. The molecule has 4 heteroatoms. The molecule has 0 aromatic carbocycles. The van der Waals surface area contributed by atoms with Crippen LogP contribution in [0.15, 0.2) is 0 Å². The van der Waals surface area contributed by atoms with Crippen molar-refractivity contribution in [1.82, 2.24) is 15.5 Å². The van der Waals surface area contributed by atoms with Crippen LogP contribution in [0.1, 0.15) is 52.4 Å². The molecular weight excluding hydrogens is 250 g/mol. The van der Waals surface area contributed by atoms with E-state index in [2.05, 4.69) is 29.4 Å². The second-order valence-corrected chi connectivity index (χ2v) is 6.90. The van der Waals surface area contributed by atoms with Crippen LogP contribution in [0.3, 0.4) is 0 Å². The predicted octanol–water partition coefficient (Wildman–Crippen LogP) is 1.76. The van der Waals surface area contributed by atoms with Crippen LogP contribution in [0.25, 0.3) is 0 Å². The van der Waals surface area contributed by atoms with Gasteiger partial charge in [0.1, 0.15) is 0 Å². The van der Waals surface area contributed by atoms with Crippen molar-refractivity contribution in [3.05, 3.63) is 0 Å². The number of carbonyl (C=O) groups excluding carboxylic acids is 1. The van der Waals surface area contributed by atoms with Gasteiger partial charge in [0.2, 0.25) is 5.91 Å². The average molecular weight is 281 g/mol. The Morgan fingerprint density at radius 2 is 1.80 bits per heavy atom. The van der Waals surface area contributed by atoms with E-state index in [1.54, 1.807) is 0 Å². The average Bonchev–Trinajstić information content (AvgIpc) is 2.74. The zero-order chi connectivity index (χ0) is 14.4. The molecule has 0 aliphatic carbocycles. The van der Waals surface area contributed by atoms with E-state index in [4.69, 9.17) is 0 Å². The van der Waals surface area contributed by atoms with Crippen LogP contribution in [0.2, 0.25) is 0 Å². The summed E-state index contributed by atoms with van der Waals surface area (Å²) in [5.74, 6) is 0.214. The number of amides is 1. The molecule has 2 N–H and O–H groups in total. The smallest absolute Gasteiger partial charge is 0.237 e. The molecule has 2 saturated heterocycles. The first kappa shape index (κ1) is 15.8. The highest BCUT2D eigenvalue weighted by molar-refractivity contribution is 5.81. The van der Waals surface area contributed by atoms with Crippen molar-refractivity contribution in [2.24, 2.45) is 5.41 Å². The zero-order valence-corrected chi connectivity index (χ0v) is 13.2. The summed E-state index contributed by atoms with van der Waals surface area (Å²) in [7, 11) is 0. The summed E-state index contributed by atoms with van der Waals surface area (Å²) in [5, 5.41) is 6.59. The summed E-state index contributed by atoms with van der Waals surface area (Å²) in [5.41, 5.74) is 0.277. The van der Waals surface area contributed by atoms with Gasteiger partial charge in [-0.3, -0.25) is 9.69 Å². The first-order valence-corrected chi connectivity index (χ1v) is 8.33. The number of hydrogen-bond donors (Lipinski definition) is 2. The molecule has 1 atom stereocenters. The maximum absolute atomic E-state index is 12.4. The van der Waals surface area contributed by atoms with Gasteiger partial charge in [-0.1, -0.05) is 19.8 Å². The summed E-state index contributed by atoms with van der Waals surface area (Å²) in [6.07, 6.45) is 7.42. The Bertz CT molecular complexity index is 305. The fraction of sp³-hybridized carbons (Fsp3) is 0.938. The van der Waals surface area contributed by atoms with Gasteiger partial charge < -0.3 is 10.6 Å². The molecule has 0 bridgehead atoms. The quantitative estimate of drug-likeness (QED) is 0.825. The molecule has 116 valence electrons. The SMILES string of the molecule is CC(C(=O)NCC1(C)CCNCC1)N1CCCCCC1. The first-order valence-electron chi connectivity index (χ1n) is 8.33. The Balaban J connectivity index is 1.78. The molecule has 0 spiro atoms. The number of nitrogens with zero attached hydrogens (tertiary/aromatic N) is 1. The van der Waals surface area contributed by atoms with E-state index in [1.165, 1.54) is 25.7 Å². The van der Waals surface area contributed by atoms with Crippen LogP contribution in [0.5, 0.6) is 0 Å². The first-order chi connectivity index (χ1) is 9.61. The van der Waals surface area contributed by atoms with Gasteiger partial charge in [-0.25, -0.2) is 0 Å². The minimum Gasteiger partial charge on any atom is -0.354 e. The molecule has 0 aromatic rings. The highest BCUT2D eigenvalue weighted by Crippen LogP contribution is 2.26. The van der Waals surface area contributed by atoms with E-state index in [0.717, 1.165) is 45.6 Å². The van der Waals surface area contributed by atoms with Gasteiger partial charge in [0.05, 0.1) is 6.04 Å². The number of carbonyl (C=O) groups is 1. The maximum atomic E-state index is 12.4. The van der Waals surface area contributed by atoms with Gasteiger partial charge >= 0.3 is 0 Å². The molecule has 1 amide bonds. The lowest BCUT2D eigenvalue weighted by Crippen LogP contribution is -2.49. The number of nitrogens with one attached hydrogen (secondary N) is 2. The van der Waals surface area contributed by atoms with Crippen molar-refractivity contribution in [2.45, 2.75) is 58.4 Å². The zero-order valence-electron chi connectivity index (χ0n) is 13.2. The van der Waals surface area contributed by atoms with Gasteiger partial charge in [-0.2, -0.15) is 0 Å². The summed E-state index contributed by atoms with van der Waals surface area (Å²) in [4.78, 5) is 14.7. The number of hydrogen-bond acceptors (Lipinski definition) is 3. The van der Waals surface area contributed by atoms with Crippen molar-refractivity contribution in [2.75, 3.05) is 32.7 Å². The summed E-state index contributed by atoms with van der Waals surface area (Å²) in [6, 6.07) is 0.0263. The number of likely N-dealkylation sites (tertiary alicyclic amines) is 1. The highest BCUT2D eigenvalue weighted by atomic mass is 16.2. The minimum atomic E-state index is 0.0263. The minimum absolute atomic E-state index is 0.0263. The highest BCUT2D eigenvalue weighted by Gasteiger charge is 2.29. The second kappa shape index (κ2) is 7.41. The Kier molecular flexibility index (Phi) is 5.85. The van der Waals surface area contributed by atoms with Gasteiger partial charge in [0.15, 0.2) is 0 Å². The van der Waals surface area contributed by atoms with Crippen molar-refractivity contribution in [3.63, 3.8) is 0 Å². The van der Waals surface area contributed by atoms with Gasteiger partial charge in [-0.05, 0) is 64.2 Å². The standard InChI is InChI=1S/C16H31N3O/c1-14(19-11-5-3-4-6-12-19)15(20)18-13-16(2)7-9-17-10-8-16/h14,17H,3-13H2,1-2H3,(H,18,20). The summed E-state index contributed by atoms with van der Waals surface area (Å²) in [6.45, 7) is 9.50. The molecule has 2 aliphatic rings. The molecule has 2 rings (SSSR count). The molecule has 0 radical (unpaired) electrons. The molecule has 0 aromatic heterocycles. The van der Waals surface area contributed by atoms with Gasteiger partial charge in [0, 0.05) is 6.54 Å². The number of rotatable bonds is 4. The molecule has 4 nitrogen and oxygen atoms in total. The normalized spacial score (nSPS) is 25.7. The van der Waals surface area contributed by atoms with Crippen molar-refractivity contribution in [3.8, 4) is 0 Å². The summed E-state index contributed by atoms with van der Waals surface area (Å²) < 4.78 is 0. The molecule has 20 heavy (non-hydrogen) atoms. The molecule has 2 heterocycles. The van der Waals surface area contributed by atoms with E-state index in [0.29, 0.717) is 0 Å². The second-order valence-electron chi connectivity index (χ2n) is 6.90. The topological polar surface area (TPSA) is 44.4 Å². The predicted molar refractivity (Wildman–Crippen MR) is 82.7 cm³/mol. The van der Waals surface area contributed by atoms with E-state index < -0.39 is 0 Å². The van der Waals surface area contributed by atoms with Crippen LogP contribution < -0.4 is 10.6 Å². The fourth-order valence-electron chi connectivity index (χ4n) is 3.30. The van der Waals surface area contributed by atoms with Crippen molar-refractivity contribution < 1.29 is 4.79 Å². The molecular formula is C16H31N3O. The molecule has 2 aliphatic heterocycles. The largest absolute Gasteiger partial charge is 0.354 e. The Hall–Kier alpha value is -0.610. The van der Waals surface area contributed by atoms with Gasteiger partial charge in [-0.15, -0.1) is 0 Å². The van der Waals surface area contributed by atoms with Crippen molar-refractivity contribution in [1.29, 1.82) is 0 Å². The molecule has 1 unspecified atom stereocenters. The third-order valence-corrected chi connectivity index (χ3v) is 5.07. The van der Waals surface area contributed by atoms with E-state index >= 15 is 0 Å². The lowest BCUT2D eigenvalue weighted by atomic mass is 9.81. The Morgan fingerprint density at radius 3 is 2.40 bits per heavy atom. The van der Waals surface area contributed by atoms with Crippen LogP contribution in [-0.4, -0.2) is 49.6 Å². The van der Waals surface area contributed by atoms with Crippen LogP contribution >= 0.6 is 0 Å². The van der Waals surface area contributed by atoms with Crippen LogP contribution in [0.4, 0.5) is 0 Å².